The molecule has 0 fully saturated rings. The Morgan fingerprint density at radius 2 is 1.76 bits per heavy atom. The molecule has 0 saturated heterocycles. The van der Waals surface area contributed by atoms with Crippen LogP contribution in [0.15, 0.2) is 47.4 Å². The summed E-state index contributed by atoms with van der Waals surface area (Å²) in [6.45, 7) is 3.53. The van der Waals surface area contributed by atoms with Crippen LogP contribution in [-0.4, -0.2) is 17.4 Å². The molecule has 0 radical (unpaired) electrons. The first-order valence-corrected chi connectivity index (χ1v) is 8.19. The molecule has 3 aromatic rings. The number of aromatic nitrogens is 2. The van der Waals surface area contributed by atoms with E-state index >= 15 is 0 Å². The molecule has 0 aliphatic heterocycles. The molecule has 1 aromatic carbocycles. The molecule has 4 nitrogen and oxygen atoms in total. The number of rotatable bonds is 2. The Bertz CT molecular complexity index is 931. The van der Waals surface area contributed by atoms with E-state index in [4.69, 9.17) is 11.6 Å². The molecule has 108 valence electrons. The summed E-state index contributed by atoms with van der Waals surface area (Å²) >= 11 is 6.12. The van der Waals surface area contributed by atoms with Crippen LogP contribution >= 0.6 is 11.6 Å². The quantitative estimate of drug-likeness (QED) is 0.679. The highest BCUT2D eigenvalue weighted by molar-refractivity contribution is 7.90. The van der Waals surface area contributed by atoms with Crippen molar-refractivity contribution in [3.05, 3.63) is 59.0 Å². The molecule has 2 heterocycles. The lowest BCUT2D eigenvalue weighted by atomic mass is 10.3. The second-order valence-corrected chi connectivity index (χ2v) is 7.00. The Kier molecular flexibility index (Phi) is 3.26. The van der Waals surface area contributed by atoms with Gasteiger partial charge in [-0.3, -0.25) is 0 Å². The number of halogens is 1. The minimum absolute atomic E-state index is 0.246. The molecule has 0 aliphatic carbocycles. The van der Waals surface area contributed by atoms with Gasteiger partial charge in [-0.2, -0.15) is 0 Å². The Labute approximate surface area is 128 Å². The number of benzene rings is 1. The molecule has 2 aromatic heterocycles. The van der Waals surface area contributed by atoms with Gasteiger partial charge in [-0.05, 0) is 38.1 Å². The lowest BCUT2D eigenvalue weighted by Crippen LogP contribution is -2.14. The van der Waals surface area contributed by atoms with Crippen molar-refractivity contribution >= 4 is 32.5 Å². The zero-order valence-electron chi connectivity index (χ0n) is 11.5. The molecule has 0 N–H and O–H groups in total. The van der Waals surface area contributed by atoms with Crippen molar-refractivity contribution in [3.63, 3.8) is 0 Å². The average molecular weight is 321 g/mol. The van der Waals surface area contributed by atoms with Crippen molar-refractivity contribution < 1.29 is 8.42 Å². The average Bonchev–Trinajstić information content (AvgIpc) is 2.77. The monoisotopic (exact) mass is 320 g/mol. The van der Waals surface area contributed by atoms with Gasteiger partial charge >= 0.3 is 0 Å². The van der Waals surface area contributed by atoms with Crippen LogP contribution in [0.4, 0.5) is 0 Å². The summed E-state index contributed by atoms with van der Waals surface area (Å²) in [7, 11) is -3.66. The molecule has 6 heteroatoms. The van der Waals surface area contributed by atoms with Crippen molar-refractivity contribution in [3.8, 4) is 0 Å². The Hall–Kier alpha value is -1.85. The molecular weight excluding hydrogens is 308 g/mol. The number of pyridine rings is 1. The van der Waals surface area contributed by atoms with Crippen LogP contribution in [0.2, 0.25) is 5.15 Å². The Balaban J connectivity index is 2.38. The van der Waals surface area contributed by atoms with E-state index in [1.165, 1.54) is 3.97 Å². The summed E-state index contributed by atoms with van der Waals surface area (Å²) in [5.41, 5.74) is 1.83. The minimum atomic E-state index is -3.66. The highest BCUT2D eigenvalue weighted by atomic mass is 35.5. The SMILES string of the molecule is Cc1cc2c(cc(C)n2S(=O)(=O)c2ccccc2)c(Cl)n1. The maximum Gasteiger partial charge on any atom is 0.268 e. The number of fused-ring (bicyclic) bond motifs is 1. The van der Waals surface area contributed by atoms with Gasteiger partial charge < -0.3 is 0 Å². The van der Waals surface area contributed by atoms with Gasteiger partial charge in [0.05, 0.1) is 10.4 Å². The maximum atomic E-state index is 12.9. The van der Waals surface area contributed by atoms with Gasteiger partial charge in [-0.25, -0.2) is 17.4 Å². The first-order chi connectivity index (χ1) is 9.91. The van der Waals surface area contributed by atoms with E-state index in [0.717, 1.165) is 0 Å². The van der Waals surface area contributed by atoms with Crippen LogP contribution in [0.3, 0.4) is 0 Å². The van der Waals surface area contributed by atoms with Crippen molar-refractivity contribution in [1.29, 1.82) is 0 Å². The van der Waals surface area contributed by atoms with Gasteiger partial charge in [0.15, 0.2) is 0 Å². The standard InChI is InChI=1S/C15H13ClN2O2S/c1-10-8-14-13(15(16)17-10)9-11(2)18(14)21(19,20)12-6-4-3-5-7-12/h3-9H,1-2H3. The van der Waals surface area contributed by atoms with Crippen LogP contribution in [0, 0.1) is 13.8 Å². The van der Waals surface area contributed by atoms with Gasteiger partial charge in [0.1, 0.15) is 5.15 Å². The Morgan fingerprint density at radius 1 is 1.10 bits per heavy atom. The van der Waals surface area contributed by atoms with Crippen molar-refractivity contribution in [2.24, 2.45) is 0 Å². The smallest absolute Gasteiger partial charge is 0.241 e. The fraction of sp³-hybridized carbons (Fsp3) is 0.133. The van der Waals surface area contributed by atoms with Crippen molar-refractivity contribution in [1.82, 2.24) is 8.96 Å². The number of hydrogen-bond acceptors (Lipinski definition) is 3. The highest BCUT2D eigenvalue weighted by Gasteiger charge is 2.22. The largest absolute Gasteiger partial charge is 0.268 e. The first kappa shape index (κ1) is 14.1. The van der Waals surface area contributed by atoms with Crippen LogP contribution in [0.1, 0.15) is 11.4 Å². The van der Waals surface area contributed by atoms with Gasteiger partial charge in [-0.15, -0.1) is 0 Å². The zero-order chi connectivity index (χ0) is 15.2. The molecule has 0 bridgehead atoms. The molecule has 0 aliphatic rings. The van der Waals surface area contributed by atoms with Crippen LogP contribution in [0.25, 0.3) is 10.9 Å². The summed E-state index contributed by atoms with van der Waals surface area (Å²) in [4.78, 5) is 4.41. The van der Waals surface area contributed by atoms with E-state index in [9.17, 15) is 8.42 Å². The van der Waals surface area contributed by atoms with Gasteiger partial charge in [0.25, 0.3) is 10.0 Å². The highest BCUT2D eigenvalue weighted by Crippen LogP contribution is 2.29. The third-order valence-corrected chi connectivity index (χ3v) is 5.41. The summed E-state index contributed by atoms with van der Waals surface area (Å²) in [6.07, 6.45) is 0. The molecule has 0 unspecified atom stereocenters. The van der Waals surface area contributed by atoms with E-state index in [-0.39, 0.29) is 4.90 Å². The van der Waals surface area contributed by atoms with Crippen LogP contribution < -0.4 is 0 Å². The molecule has 0 spiro atoms. The molecule has 0 amide bonds. The van der Waals surface area contributed by atoms with Crippen LogP contribution in [-0.2, 0) is 10.0 Å². The van der Waals surface area contributed by atoms with Gasteiger partial charge in [0.2, 0.25) is 0 Å². The second-order valence-electron chi connectivity index (χ2n) is 4.86. The molecular formula is C15H13ClN2O2S. The summed E-state index contributed by atoms with van der Waals surface area (Å²) in [5, 5.41) is 0.953. The Morgan fingerprint density at radius 3 is 2.43 bits per heavy atom. The van der Waals surface area contributed by atoms with E-state index in [1.54, 1.807) is 56.3 Å². The number of aryl methyl sites for hydroxylation is 2. The molecule has 0 saturated carbocycles. The zero-order valence-corrected chi connectivity index (χ0v) is 13.1. The third kappa shape index (κ3) is 2.22. The van der Waals surface area contributed by atoms with E-state index in [0.29, 0.717) is 27.4 Å². The maximum absolute atomic E-state index is 12.9. The molecule has 3 rings (SSSR count). The summed E-state index contributed by atoms with van der Waals surface area (Å²) < 4.78 is 27.0. The van der Waals surface area contributed by atoms with Gasteiger partial charge in [0, 0.05) is 16.8 Å². The van der Waals surface area contributed by atoms with Gasteiger partial charge in [-0.1, -0.05) is 29.8 Å². The second kappa shape index (κ2) is 4.86. The fourth-order valence-corrected chi connectivity index (χ4v) is 4.24. The minimum Gasteiger partial charge on any atom is -0.241 e. The van der Waals surface area contributed by atoms with E-state index in [1.807, 2.05) is 0 Å². The lowest BCUT2D eigenvalue weighted by Gasteiger charge is -2.10. The lowest BCUT2D eigenvalue weighted by molar-refractivity contribution is 0.588. The van der Waals surface area contributed by atoms with Crippen molar-refractivity contribution in [2.45, 2.75) is 18.7 Å². The number of nitrogens with zero attached hydrogens (tertiary/aromatic N) is 2. The third-order valence-electron chi connectivity index (χ3n) is 3.29. The predicted octanol–water partition coefficient (Wildman–Crippen LogP) is 3.54. The predicted molar refractivity (Wildman–Crippen MR) is 83.2 cm³/mol. The summed E-state index contributed by atoms with van der Waals surface area (Å²) in [6, 6.07) is 11.8. The summed E-state index contributed by atoms with van der Waals surface area (Å²) in [5.74, 6) is 0. The van der Waals surface area contributed by atoms with Crippen molar-refractivity contribution in [2.75, 3.05) is 0 Å². The van der Waals surface area contributed by atoms with Crippen LogP contribution in [0.5, 0.6) is 0 Å². The van der Waals surface area contributed by atoms with E-state index in [2.05, 4.69) is 4.98 Å². The molecule has 0 atom stereocenters. The normalized spacial score (nSPS) is 12.0. The fourth-order valence-electron chi connectivity index (χ4n) is 2.40. The topological polar surface area (TPSA) is 52.0 Å². The first-order valence-electron chi connectivity index (χ1n) is 6.37. The van der Waals surface area contributed by atoms with E-state index < -0.39 is 10.0 Å². The molecule has 21 heavy (non-hydrogen) atoms. The number of hydrogen-bond donors (Lipinski definition) is 0.